The van der Waals surface area contributed by atoms with Crippen molar-refractivity contribution in [2.45, 2.75) is 52.6 Å². The Morgan fingerprint density at radius 2 is 2.15 bits per heavy atom. The number of piperidine rings is 1. The Morgan fingerprint density at radius 1 is 1.40 bits per heavy atom. The van der Waals surface area contributed by atoms with Crippen molar-refractivity contribution in [3.05, 3.63) is 24.0 Å². The van der Waals surface area contributed by atoms with Gasteiger partial charge in [0.15, 0.2) is 0 Å². The zero-order valence-corrected chi connectivity index (χ0v) is 13.1. The minimum Gasteiger partial charge on any atom is -0.508 e. The van der Waals surface area contributed by atoms with Crippen molar-refractivity contribution in [1.82, 2.24) is 4.90 Å². The number of likely N-dealkylation sites (tertiary alicyclic amines) is 1. The first-order valence-electron chi connectivity index (χ1n) is 8.26. The largest absolute Gasteiger partial charge is 0.508 e. The van der Waals surface area contributed by atoms with E-state index >= 15 is 0 Å². The van der Waals surface area contributed by atoms with E-state index in [1.165, 1.54) is 19.4 Å². The zero-order valence-electron chi connectivity index (χ0n) is 13.1. The van der Waals surface area contributed by atoms with E-state index in [4.69, 9.17) is 0 Å². The molecular formula is C18H27NO. The van der Waals surface area contributed by atoms with E-state index in [0.29, 0.717) is 29.2 Å². The SMILES string of the molecule is CC(C)N1CC2CC34C=C(O)C=CC3CC1[C@H](C)[C@]24C. The van der Waals surface area contributed by atoms with Crippen LogP contribution in [-0.2, 0) is 0 Å². The summed E-state index contributed by atoms with van der Waals surface area (Å²) in [6.45, 7) is 10.9. The fourth-order valence-electron chi connectivity index (χ4n) is 6.27. The van der Waals surface area contributed by atoms with Crippen LogP contribution in [0.2, 0.25) is 0 Å². The standard InChI is InChI=1S/C18H27NO/c1-11(2)19-10-14-8-18-9-15(20)6-5-13(18)7-16(19)12(3)17(14,18)4/h5-6,9,11-14,16,20H,7-8,10H2,1-4H3/t12-,13?,14?,16?,17+,18?/m0/s1. The quantitative estimate of drug-likeness (QED) is 0.786. The highest BCUT2D eigenvalue weighted by Crippen LogP contribution is 2.75. The second kappa shape index (κ2) is 3.71. The third-order valence-corrected chi connectivity index (χ3v) is 7.54. The Labute approximate surface area is 122 Å². The number of aliphatic hydroxyl groups is 1. The minimum absolute atomic E-state index is 0.246. The maximum Gasteiger partial charge on any atom is 0.111 e. The molecule has 3 fully saturated rings. The van der Waals surface area contributed by atoms with Gasteiger partial charge in [0.2, 0.25) is 0 Å². The summed E-state index contributed by atoms with van der Waals surface area (Å²) in [6, 6.07) is 1.37. The highest BCUT2D eigenvalue weighted by atomic mass is 16.3. The van der Waals surface area contributed by atoms with Gasteiger partial charge in [-0.05, 0) is 62.0 Å². The molecular weight excluding hydrogens is 246 g/mol. The Hall–Kier alpha value is -0.760. The molecule has 1 aliphatic heterocycles. The summed E-state index contributed by atoms with van der Waals surface area (Å²) in [6.07, 6.45) is 8.97. The summed E-state index contributed by atoms with van der Waals surface area (Å²) in [5, 5.41) is 10.0. The Kier molecular flexibility index (Phi) is 2.40. The van der Waals surface area contributed by atoms with E-state index in [-0.39, 0.29) is 5.41 Å². The molecule has 1 saturated heterocycles. The molecule has 3 aliphatic carbocycles. The number of hydrogen-bond acceptors (Lipinski definition) is 2. The molecule has 0 aromatic carbocycles. The molecule has 1 spiro atoms. The number of rotatable bonds is 1. The molecule has 4 unspecified atom stereocenters. The molecule has 0 radical (unpaired) electrons. The molecule has 1 heterocycles. The van der Waals surface area contributed by atoms with Crippen molar-refractivity contribution in [3.63, 3.8) is 0 Å². The van der Waals surface area contributed by atoms with Gasteiger partial charge in [-0.3, -0.25) is 4.90 Å². The van der Waals surface area contributed by atoms with Crippen LogP contribution in [0.25, 0.3) is 0 Å². The van der Waals surface area contributed by atoms with Gasteiger partial charge in [0.1, 0.15) is 5.76 Å². The lowest BCUT2D eigenvalue weighted by Gasteiger charge is -2.76. The number of fused-ring (bicyclic) bond motifs is 1. The normalized spacial score (nSPS) is 53.4. The van der Waals surface area contributed by atoms with Gasteiger partial charge in [0.25, 0.3) is 0 Å². The smallest absolute Gasteiger partial charge is 0.111 e. The first kappa shape index (κ1) is 12.9. The van der Waals surface area contributed by atoms with E-state index in [9.17, 15) is 5.11 Å². The summed E-state index contributed by atoms with van der Waals surface area (Å²) in [7, 11) is 0. The first-order valence-corrected chi connectivity index (χ1v) is 8.26. The van der Waals surface area contributed by atoms with Crippen LogP contribution in [0.4, 0.5) is 0 Å². The van der Waals surface area contributed by atoms with Gasteiger partial charge < -0.3 is 5.11 Å². The first-order chi connectivity index (χ1) is 9.40. The van der Waals surface area contributed by atoms with E-state index in [1.54, 1.807) is 0 Å². The molecule has 4 aliphatic rings. The highest BCUT2D eigenvalue weighted by Gasteiger charge is 2.72. The fourth-order valence-corrected chi connectivity index (χ4v) is 6.27. The van der Waals surface area contributed by atoms with E-state index < -0.39 is 0 Å². The maximum absolute atomic E-state index is 10.0. The van der Waals surface area contributed by atoms with E-state index in [2.05, 4.69) is 44.7 Å². The lowest BCUT2D eigenvalue weighted by atomic mass is 9.31. The van der Waals surface area contributed by atoms with Crippen LogP contribution in [0.5, 0.6) is 0 Å². The van der Waals surface area contributed by atoms with E-state index in [1.807, 2.05) is 6.08 Å². The topological polar surface area (TPSA) is 23.5 Å². The third kappa shape index (κ3) is 1.21. The van der Waals surface area contributed by atoms with Crippen LogP contribution in [0, 0.1) is 28.6 Å². The van der Waals surface area contributed by atoms with Crippen molar-refractivity contribution in [2.75, 3.05) is 6.54 Å². The lowest BCUT2D eigenvalue weighted by molar-refractivity contribution is -0.254. The van der Waals surface area contributed by atoms with Gasteiger partial charge in [-0.15, -0.1) is 0 Å². The molecule has 1 N–H and O–H groups in total. The summed E-state index contributed by atoms with van der Waals surface area (Å²) >= 11 is 0. The van der Waals surface area contributed by atoms with Crippen LogP contribution in [-0.4, -0.2) is 28.6 Å². The van der Waals surface area contributed by atoms with Crippen molar-refractivity contribution >= 4 is 0 Å². The molecule has 2 saturated carbocycles. The maximum atomic E-state index is 10.0. The molecule has 20 heavy (non-hydrogen) atoms. The predicted molar refractivity (Wildman–Crippen MR) is 81.4 cm³/mol. The fraction of sp³-hybridized carbons (Fsp3) is 0.778. The van der Waals surface area contributed by atoms with Crippen molar-refractivity contribution in [3.8, 4) is 0 Å². The summed E-state index contributed by atoms with van der Waals surface area (Å²) in [5.41, 5.74) is 0.625. The van der Waals surface area contributed by atoms with Gasteiger partial charge in [0, 0.05) is 24.0 Å². The van der Waals surface area contributed by atoms with Crippen LogP contribution < -0.4 is 0 Å². The van der Waals surface area contributed by atoms with Crippen molar-refractivity contribution in [2.24, 2.45) is 28.6 Å². The summed E-state index contributed by atoms with van der Waals surface area (Å²) in [4.78, 5) is 2.76. The van der Waals surface area contributed by atoms with Crippen LogP contribution in [0.15, 0.2) is 24.0 Å². The van der Waals surface area contributed by atoms with Gasteiger partial charge in [-0.2, -0.15) is 0 Å². The zero-order chi connectivity index (χ0) is 14.3. The second-order valence-corrected chi connectivity index (χ2v) is 8.14. The Balaban J connectivity index is 1.80. The summed E-state index contributed by atoms with van der Waals surface area (Å²) < 4.78 is 0. The number of hydrogen-bond donors (Lipinski definition) is 1. The van der Waals surface area contributed by atoms with Crippen molar-refractivity contribution in [1.29, 1.82) is 0 Å². The lowest BCUT2D eigenvalue weighted by Crippen LogP contribution is -2.75. The van der Waals surface area contributed by atoms with Crippen LogP contribution in [0.1, 0.15) is 40.5 Å². The minimum atomic E-state index is 0.246. The molecule has 2 bridgehead atoms. The number of nitrogens with zero attached hydrogens (tertiary/aromatic N) is 1. The molecule has 0 amide bonds. The molecule has 6 atom stereocenters. The molecule has 0 aromatic rings. The van der Waals surface area contributed by atoms with Crippen LogP contribution in [0.3, 0.4) is 0 Å². The molecule has 4 rings (SSSR count). The second-order valence-electron chi connectivity index (χ2n) is 8.14. The summed E-state index contributed by atoms with van der Waals surface area (Å²) in [5.74, 6) is 2.65. The highest BCUT2D eigenvalue weighted by molar-refractivity contribution is 5.36. The van der Waals surface area contributed by atoms with Crippen molar-refractivity contribution < 1.29 is 5.11 Å². The van der Waals surface area contributed by atoms with E-state index in [0.717, 1.165) is 11.8 Å². The molecule has 2 nitrogen and oxygen atoms in total. The molecule has 110 valence electrons. The van der Waals surface area contributed by atoms with Gasteiger partial charge in [-0.1, -0.05) is 19.9 Å². The Bertz CT molecular complexity index is 508. The van der Waals surface area contributed by atoms with Gasteiger partial charge in [-0.25, -0.2) is 0 Å². The van der Waals surface area contributed by atoms with Gasteiger partial charge in [0.05, 0.1) is 0 Å². The molecule has 0 aromatic heterocycles. The Morgan fingerprint density at radius 3 is 2.85 bits per heavy atom. The number of aliphatic hydroxyl groups excluding tert-OH is 1. The predicted octanol–water partition coefficient (Wildman–Crippen LogP) is 3.76. The average Bonchev–Trinajstić information content (AvgIpc) is 2.36. The van der Waals surface area contributed by atoms with Gasteiger partial charge >= 0.3 is 0 Å². The monoisotopic (exact) mass is 273 g/mol. The third-order valence-electron chi connectivity index (χ3n) is 7.54. The number of allylic oxidation sites excluding steroid dienone is 3. The average molecular weight is 273 g/mol. The van der Waals surface area contributed by atoms with Crippen LogP contribution >= 0.6 is 0 Å². The molecule has 2 heteroatoms.